The predicted octanol–water partition coefficient (Wildman–Crippen LogP) is 3.35. The van der Waals surface area contributed by atoms with Crippen molar-refractivity contribution in [3.05, 3.63) is 21.9 Å². The Morgan fingerprint density at radius 3 is 2.81 bits per heavy atom. The van der Waals surface area contributed by atoms with E-state index < -0.39 is 0 Å². The average Bonchev–Trinajstić information content (AvgIpc) is 2.68. The molecular formula is C13H23NOS. The number of nitrogens with one attached hydrogen (secondary N) is 1. The van der Waals surface area contributed by atoms with Crippen LogP contribution < -0.4 is 5.32 Å². The van der Waals surface area contributed by atoms with Gasteiger partial charge in [-0.3, -0.25) is 0 Å². The molecule has 0 aromatic carbocycles. The highest BCUT2D eigenvalue weighted by Crippen LogP contribution is 2.14. The van der Waals surface area contributed by atoms with Gasteiger partial charge in [-0.1, -0.05) is 13.3 Å². The molecule has 0 radical (unpaired) electrons. The van der Waals surface area contributed by atoms with Crippen LogP contribution in [0, 0.1) is 6.92 Å². The van der Waals surface area contributed by atoms with Crippen molar-refractivity contribution in [2.45, 2.75) is 39.7 Å². The van der Waals surface area contributed by atoms with Gasteiger partial charge in [-0.2, -0.15) is 0 Å². The van der Waals surface area contributed by atoms with Gasteiger partial charge in [-0.15, -0.1) is 11.3 Å². The molecule has 0 unspecified atom stereocenters. The van der Waals surface area contributed by atoms with E-state index in [1.807, 2.05) is 11.3 Å². The highest BCUT2D eigenvalue weighted by Gasteiger charge is 1.98. The third-order valence-corrected chi connectivity index (χ3v) is 3.56. The monoisotopic (exact) mass is 241 g/mol. The van der Waals surface area contributed by atoms with E-state index in [0.29, 0.717) is 0 Å². The molecule has 1 N–H and O–H groups in total. The molecule has 0 aliphatic heterocycles. The Morgan fingerprint density at radius 1 is 1.31 bits per heavy atom. The standard InChI is InChI=1S/C13H23NOS/c1-3-4-8-15-9-5-7-14-11-13-12(2)6-10-16-13/h6,10,14H,3-5,7-9,11H2,1-2H3. The Bertz CT molecular complexity index is 273. The summed E-state index contributed by atoms with van der Waals surface area (Å²) in [6.07, 6.45) is 3.51. The molecule has 1 heterocycles. The molecule has 0 aliphatic rings. The second-order valence-corrected chi connectivity index (χ2v) is 5.02. The van der Waals surface area contributed by atoms with Gasteiger partial charge in [0.1, 0.15) is 0 Å². The first kappa shape index (κ1) is 13.7. The van der Waals surface area contributed by atoms with E-state index in [9.17, 15) is 0 Å². The normalized spacial score (nSPS) is 10.9. The van der Waals surface area contributed by atoms with Gasteiger partial charge in [-0.25, -0.2) is 0 Å². The summed E-state index contributed by atoms with van der Waals surface area (Å²) < 4.78 is 5.50. The zero-order chi connectivity index (χ0) is 11.6. The van der Waals surface area contributed by atoms with Gasteiger partial charge in [-0.05, 0) is 43.3 Å². The van der Waals surface area contributed by atoms with Crippen LogP contribution in [0.15, 0.2) is 11.4 Å². The first-order valence-corrected chi connectivity index (χ1v) is 7.04. The maximum absolute atomic E-state index is 5.50. The molecule has 0 saturated carbocycles. The minimum atomic E-state index is 0.885. The van der Waals surface area contributed by atoms with Crippen molar-refractivity contribution in [2.75, 3.05) is 19.8 Å². The summed E-state index contributed by atoms with van der Waals surface area (Å²) >= 11 is 1.83. The van der Waals surface area contributed by atoms with Crippen LogP contribution in [-0.2, 0) is 11.3 Å². The van der Waals surface area contributed by atoms with Gasteiger partial charge < -0.3 is 10.1 Å². The second kappa shape index (κ2) is 8.74. The summed E-state index contributed by atoms with van der Waals surface area (Å²) in [6, 6.07) is 2.18. The first-order chi connectivity index (χ1) is 7.84. The molecule has 92 valence electrons. The third-order valence-electron chi connectivity index (χ3n) is 2.54. The SMILES string of the molecule is CCCCOCCCNCc1sccc1C. The van der Waals surface area contributed by atoms with Crippen molar-refractivity contribution < 1.29 is 4.74 Å². The highest BCUT2D eigenvalue weighted by molar-refractivity contribution is 7.10. The number of rotatable bonds is 9. The number of thiophene rings is 1. The lowest BCUT2D eigenvalue weighted by atomic mass is 10.3. The fourth-order valence-electron chi connectivity index (χ4n) is 1.43. The Balaban J connectivity index is 1.91. The van der Waals surface area contributed by atoms with Crippen LogP contribution in [0.4, 0.5) is 0 Å². The number of unbranched alkanes of at least 4 members (excludes halogenated alkanes) is 1. The van der Waals surface area contributed by atoms with Gasteiger partial charge in [0.15, 0.2) is 0 Å². The summed E-state index contributed by atoms with van der Waals surface area (Å²) in [5.41, 5.74) is 1.40. The van der Waals surface area contributed by atoms with Crippen LogP contribution in [-0.4, -0.2) is 19.8 Å². The van der Waals surface area contributed by atoms with Crippen molar-refractivity contribution in [2.24, 2.45) is 0 Å². The average molecular weight is 241 g/mol. The topological polar surface area (TPSA) is 21.3 Å². The lowest BCUT2D eigenvalue weighted by Crippen LogP contribution is -2.16. The lowest BCUT2D eigenvalue weighted by Gasteiger charge is -2.05. The van der Waals surface area contributed by atoms with Crippen LogP contribution >= 0.6 is 11.3 Å². The van der Waals surface area contributed by atoms with Crippen molar-refractivity contribution in [1.29, 1.82) is 0 Å². The minimum Gasteiger partial charge on any atom is -0.381 e. The quantitative estimate of drug-likeness (QED) is 0.669. The van der Waals surface area contributed by atoms with E-state index >= 15 is 0 Å². The summed E-state index contributed by atoms with van der Waals surface area (Å²) in [6.45, 7) is 8.20. The summed E-state index contributed by atoms with van der Waals surface area (Å²) in [7, 11) is 0. The van der Waals surface area contributed by atoms with Crippen LogP contribution in [0.25, 0.3) is 0 Å². The number of hydrogen-bond acceptors (Lipinski definition) is 3. The molecule has 2 nitrogen and oxygen atoms in total. The molecule has 1 aromatic rings. The lowest BCUT2D eigenvalue weighted by molar-refractivity contribution is 0.129. The Labute approximate surface area is 103 Å². The highest BCUT2D eigenvalue weighted by atomic mass is 32.1. The van der Waals surface area contributed by atoms with Crippen LogP contribution in [0.5, 0.6) is 0 Å². The molecule has 1 aromatic heterocycles. The molecule has 1 rings (SSSR count). The fraction of sp³-hybridized carbons (Fsp3) is 0.692. The Kier molecular flexibility index (Phi) is 7.47. The molecule has 3 heteroatoms. The van der Waals surface area contributed by atoms with E-state index in [-0.39, 0.29) is 0 Å². The zero-order valence-electron chi connectivity index (χ0n) is 10.4. The molecule has 0 saturated heterocycles. The molecule has 0 atom stereocenters. The van der Waals surface area contributed by atoms with Crippen molar-refractivity contribution >= 4 is 11.3 Å². The van der Waals surface area contributed by atoms with E-state index in [1.54, 1.807) is 0 Å². The van der Waals surface area contributed by atoms with Gasteiger partial charge in [0.2, 0.25) is 0 Å². The summed E-state index contributed by atoms with van der Waals surface area (Å²) in [4.78, 5) is 1.45. The molecule has 0 aliphatic carbocycles. The molecule has 0 fully saturated rings. The van der Waals surface area contributed by atoms with Crippen LogP contribution in [0.3, 0.4) is 0 Å². The first-order valence-electron chi connectivity index (χ1n) is 6.16. The van der Waals surface area contributed by atoms with Crippen molar-refractivity contribution in [3.63, 3.8) is 0 Å². The minimum absolute atomic E-state index is 0.885. The third kappa shape index (κ3) is 5.64. The van der Waals surface area contributed by atoms with E-state index in [4.69, 9.17) is 4.74 Å². The van der Waals surface area contributed by atoms with Crippen LogP contribution in [0.1, 0.15) is 36.6 Å². The number of aryl methyl sites for hydroxylation is 1. The maximum atomic E-state index is 5.50. The van der Waals surface area contributed by atoms with Gasteiger partial charge in [0, 0.05) is 24.6 Å². The van der Waals surface area contributed by atoms with E-state index in [2.05, 4.69) is 30.6 Å². The number of hydrogen-bond donors (Lipinski definition) is 1. The molecule has 0 spiro atoms. The fourth-order valence-corrected chi connectivity index (χ4v) is 2.31. The summed E-state index contributed by atoms with van der Waals surface area (Å²) in [5, 5.41) is 5.60. The Hall–Kier alpha value is -0.380. The summed E-state index contributed by atoms with van der Waals surface area (Å²) in [5.74, 6) is 0. The number of ether oxygens (including phenoxy) is 1. The van der Waals surface area contributed by atoms with Crippen molar-refractivity contribution in [1.82, 2.24) is 5.32 Å². The maximum Gasteiger partial charge on any atom is 0.0478 e. The predicted molar refractivity (Wildman–Crippen MR) is 71.1 cm³/mol. The Morgan fingerprint density at radius 2 is 2.12 bits per heavy atom. The largest absolute Gasteiger partial charge is 0.381 e. The van der Waals surface area contributed by atoms with Gasteiger partial charge in [0.25, 0.3) is 0 Å². The van der Waals surface area contributed by atoms with Crippen molar-refractivity contribution in [3.8, 4) is 0 Å². The molecule has 0 bridgehead atoms. The molecule has 0 amide bonds. The molecular weight excluding hydrogens is 218 g/mol. The second-order valence-electron chi connectivity index (χ2n) is 4.02. The smallest absolute Gasteiger partial charge is 0.0478 e. The van der Waals surface area contributed by atoms with Crippen LogP contribution in [0.2, 0.25) is 0 Å². The van der Waals surface area contributed by atoms with E-state index in [0.717, 1.165) is 32.7 Å². The zero-order valence-corrected chi connectivity index (χ0v) is 11.2. The van der Waals surface area contributed by atoms with Gasteiger partial charge >= 0.3 is 0 Å². The molecule has 16 heavy (non-hydrogen) atoms. The van der Waals surface area contributed by atoms with E-state index in [1.165, 1.54) is 23.3 Å². The van der Waals surface area contributed by atoms with Gasteiger partial charge in [0.05, 0.1) is 0 Å².